The number of benzene rings is 2. The number of aliphatic carboxylic acids is 1. The van der Waals surface area contributed by atoms with E-state index in [9.17, 15) is 18.0 Å². The minimum Gasteiger partial charge on any atom is -0.497 e. The zero-order chi connectivity index (χ0) is 31.1. The van der Waals surface area contributed by atoms with Crippen LogP contribution in [-0.4, -0.2) is 86.2 Å². The molecule has 4 rings (SSSR count). The molecule has 2 aromatic carbocycles. The maximum Gasteiger partial charge on any atom is 0.395 e. The number of halogens is 3. The number of hydrogen-bond donors (Lipinski definition) is 1. The van der Waals surface area contributed by atoms with Gasteiger partial charge in [0.2, 0.25) is 0 Å². The fourth-order valence-corrected chi connectivity index (χ4v) is 6.13. The monoisotopic (exact) mass is 606 g/mol. The fraction of sp³-hybridized carbons (Fsp3) is 0.606. The highest BCUT2D eigenvalue weighted by Gasteiger charge is 2.48. The quantitative estimate of drug-likeness (QED) is 0.293. The number of carboxylic acid groups (broad SMARTS) is 1. The van der Waals surface area contributed by atoms with E-state index in [0.29, 0.717) is 45.1 Å². The molecule has 0 radical (unpaired) electrons. The second-order valence-corrected chi connectivity index (χ2v) is 12.6. The van der Waals surface area contributed by atoms with Crippen molar-refractivity contribution in [2.75, 3.05) is 53.0 Å². The average Bonchev–Trinajstić information content (AvgIpc) is 2.97. The molecule has 2 fully saturated rings. The van der Waals surface area contributed by atoms with Gasteiger partial charge in [0.15, 0.2) is 0 Å². The highest BCUT2D eigenvalue weighted by atomic mass is 19.4. The summed E-state index contributed by atoms with van der Waals surface area (Å²) in [5.74, 6) is 0.658. The molecule has 0 aliphatic carbocycles. The Morgan fingerprint density at radius 1 is 1.02 bits per heavy atom. The Balaban J connectivity index is 1.44. The highest BCUT2D eigenvalue weighted by molar-refractivity contribution is 5.69. The molecule has 0 atom stereocenters. The fourth-order valence-electron chi connectivity index (χ4n) is 6.13. The maximum atomic E-state index is 14.0. The van der Waals surface area contributed by atoms with Crippen molar-refractivity contribution in [2.45, 2.75) is 70.2 Å². The number of rotatable bonds is 13. The third-order valence-corrected chi connectivity index (χ3v) is 8.97. The molecule has 43 heavy (non-hydrogen) atoms. The van der Waals surface area contributed by atoms with Crippen molar-refractivity contribution in [2.24, 2.45) is 5.41 Å². The molecule has 2 aliphatic rings. The van der Waals surface area contributed by atoms with Crippen LogP contribution in [0.4, 0.5) is 13.2 Å². The number of methoxy groups -OCH3 is 1. The Morgan fingerprint density at radius 3 is 2.19 bits per heavy atom. The molecule has 0 aromatic heterocycles. The Morgan fingerprint density at radius 2 is 1.63 bits per heavy atom. The first-order valence-corrected chi connectivity index (χ1v) is 15.1. The Kier molecular flexibility index (Phi) is 11.0. The first kappa shape index (κ1) is 33.1. The van der Waals surface area contributed by atoms with E-state index >= 15 is 0 Å². The summed E-state index contributed by atoms with van der Waals surface area (Å²) in [6.45, 7) is 5.96. The summed E-state index contributed by atoms with van der Waals surface area (Å²) >= 11 is 0. The Hall–Kier alpha value is -2.82. The van der Waals surface area contributed by atoms with Crippen LogP contribution in [0, 0.1) is 5.41 Å². The summed E-state index contributed by atoms with van der Waals surface area (Å²) in [6, 6.07) is 15.6. The zero-order valence-electron chi connectivity index (χ0n) is 25.5. The first-order chi connectivity index (χ1) is 20.4. The van der Waals surface area contributed by atoms with Gasteiger partial charge < -0.3 is 19.3 Å². The largest absolute Gasteiger partial charge is 0.497 e. The molecule has 0 unspecified atom stereocenters. The van der Waals surface area contributed by atoms with Crippen LogP contribution in [0.25, 0.3) is 0 Å². The van der Waals surface area contributed by atoms with E-state index in [1.54, 1.807) is 7.11 Å². The second kappa shape index (κ2) is 14.3. The van der Waals surface area contributed by atoms with Gasteiger partial charge in [-0.25, -0.2) is 0 Å². The minimum absolute atomic E-state index is 0.00796. The van der Waals surface area contributed by atoms with Crippen LogP contribution in [0.5, 0.6) is 11.5 Å². The summed E-state index contributed by atoms with van der Waals surface area (Å²) in [4.78, 5) is 14.8. The van der Waals surface area contributed by atoms with Gasteiger partial charge in [-0.2, -0.15) is 13.2 Å². The van der Waals surface area contributed by atoms with Gasteiger partial charge in [-0.3, -0.25) is 14.6 Å². The molecule has 0 amide bonds. The summed E-state index contributed by atoms with van der Waals surface area (Å²) in [5.41, 5.74) is 0.0474. The van der Waals surface area contributed by atoms with E-state index in [0.717, 1.165) is 43.4 Å². The number of piperidine rings is 1. The van der Waals surface area contributed by atoms with Crippen LogP contribution < -0.4 is 9.47 Å². The SMILES string of the molecule is COc1ccc(C2(CCN(Cc3ccc(OC4CCN(CC(=O)O)CC4)cc3)CC(C)(C)C(F)(F)F)CCOCC2)cc1. The average molecular weight is 607 g/mol. The van der Waals surface area contributed by atoms with E-state index < -0.39 is 17.6 Å². The second-order valence-electron chi connectivity index (χ2n) is 12.6. The highest BCUT2D eigenvalue weighted by Crippen LogP contribution is 2.41. The predicted molar refractivity (Wildman–Crippen MR) is 159 cm³/mol. The molecule has 1 N–H and O–H groups in total. The first-order valence-electron chi connectivity index (χ1n) is 15.1. The third-order valence-electron chi connectivity index (χ3n) is 8.97. The van der Waals surface area contributed by atoms with Crippen LogP contribution in [0.1, 0.15) is 57.1 Å². The lowest BCUT2D eigenvalue weighted by Gasteiger charge is -2.41. The third kappa shape index (κ3) is 9.09. The van der Waals surface area contributed by atoms with Gasteiger partial charge in [0, 0.05) is 44.8 Å². The number of carboxylic acids is 1. The van der Waals surface area contributed by atoms with Crippen molar-refractivity contribution < 1.29 is 37.3 Å². The molecule has 2 aromatic rings. The van der Waals surface area contributed by atoms with Gasteiger partial charge in [-0.15, -0.1) is 0 Å². The molecule has 2 aliphatic heterocycles. The van der Waals surface area contributed by atoms with E-state index in [-0.39, 0.29) is 24.6 Å². The zero-order valence-corrected chi connectivity index (χ0v) is 25.5. The van der Waals surface area contributed by atoms with Crippen LogP contribution in [0.3, 0.4) is 0 Å². The van der Waals surface area contributed by atoms with Gasteiger partial charge in [0.1, 0.15) is 17.6 Å². The molecule has 0 bridgehead atoms. The van der Waals surface area contributed by atoms with Gasteiger partial charge >= 0.3 is 12.1 Å². The van der Waals surface area contributed by atoms with Crippen molar-refractivity contribution in [3.05, 3.63) is 59.7 Å². The van der Waals surface area contributed by atoms with Crippen molar-refractivity contribution in [3.63, 3.8) is 0 Å². The molecule has 0 spiro atoms. The smallest absolute Gasteiger partial charge is 0.395 e. The van der Waals surface area contributed by atoms with Gasteiger partial charge in [-0.1, -0.05) is 24.3 Å². The number of likely N-dealkylation sites (tertiary alicyclic amines) is 1. The normalized spacial score (nSPS) is 18.5. The minimum atomic E-state index is -4.32. The van der Waals surface area contributed by atoms with Gasteiger partial charge in [0.05, 0.1) is 19.1 Å². The molecular weight excluding hydrogens is 561 g/mol. The van der Waals surface area contributed by atoms with E-state index in [1.807, 2.05) is 46.2 Å². The summed E-state index contributed by atoms with van der Waals surface area (Å²) < 4.78 is 59.2. The molecule has 7 nitrogen and oxygen atoms in total. The Bertz CT molecular complexity index is 1160. The van der Waals surface area contributed by atoms with E-state index in [1.165, 1.54) is 19.4 Å². The molecule has 2 saturated heterocycles. The topological polar surface area (TPSA) is 71.5 Å². The van der Waals surface area contributed by atoms with Crippen LogP contribution in [0.2, 0.25) is 0 Å². The summed E-state index contributed by atoms with van der Waals surface area (Å²) in [7, 11) is 1.63. The van der Waals surface area contributed by atoms with Crippen LogP contribution in [0.15, 0.2) is 48.5 Å². The van der Waals surface area contributed by atoms with Gasteiger partial charge in [0.25, 0.3) is 0 Å². The number of ether oxygens (including phenoxy) is 3. The molecule has 0 saturated carbocycles. The lowest BCUT2D eigenvalue weighted by Crippen LogP contribution is -2.45. The van der Waals surface area contributed by atoms with E-state index in [2.05, 4.69) is 12.1 Å². The molecular formula is C33H45F3N2O5. The van der Waals surface area contributed by atoms with Crippen molar-refractivity contribution in [3.8, 4) is 11.5 Å². The lowest BCUT2D eigenvalue weighted by molar-refractivity contribution is -0.217. The maximum absolute atomic E-state index is 14.0. The van der Waals surface area contributed by atoms with Crippen molar-refractivity contribution >= 4 is 5.97 Å². The summed E-state index contributed by atoms with van der Waals surface area (Å²) in [6.07, 6.45) is -0.470. The van der Waals surface area contributed by atoms with Crippen LogP contribution in [-0.2, 0) is 21.5 Å². The predicted octanol–water partition coefficient (Wildman–Crippen LogP) is 6.15. The number of alkyl halides is 3. The summed E-state index contributed by atoms with van der Waals surface area (Å²) in [5, 5.41) is 9.00. The lowest BCUT2D eigenvalue weighted by atomic mass is 9.71. The number of nitrogens with zero attached hydrogens (tertiary/aromatic N) is 2. The Labute approximate surface area is 252 Å². The number of carbonyl (C=O) groups is 1. The van der Waals surface area contributed by atoms with E-state index in [4.69, 9.17) is 19.3 Å². The molecule has 2 heterocycles. The van der Waals surface area contributed by atoms with Crippen molar-refractivity contribution in [1.82, 2.24) is 9.80 Å². The van der Waals surface area contributed by atoms with Crippen molar-refractivity contribution in [1.29, 1.82) is 0 Å². The number of hydrogen-bond acceptors (Lipinski definition) is 6. The molecule has 10 heteroatoms. The van der Waals surface area contributed by atoms with Crippen LogP contribution >= 0.6 is 0 Å². The standard InChI is InChI=1S/C33H45F3N2O5/c1-31(2,33(34,35)36)24-38(19-14-32(15-20-42-21-16-32)26-6-10-27(41-3)11-7-26)22-25-4-8-28(9-5-25)43-29-12-17-37(18-13-29)23-30(39)40/h4-11,29H,12-24H2,1-3H3,(H,39,40). The molecule has 238 valence electrons. The van der Waals surface area contributed by atoms with Gasteiger partial charge in [-0.05, 0) is 87.9 Å².